The molecule has 17 heavy (non-hydrogen) atoms. The van der Waals surface area contributed by atoms with Crippen LogP contribution in [0.5, 0.6) is 0 Å². The third-order valence-electron chi connectivity index (χ3n) is 2.42. The van der Waals surface area contributed by atoms with Gasteiger partial charge in [0, 0.05) is 13.1 Å². The first-order valence-electron chi connectivity index (χ1n) is 5.48. The predicted octanol–water partition coefficient (Wildman–Crippen LogP) is 0.0151. The van der Waals surface area contributed by atoms with E-state index in [1.807, 2.05) is 7.05 Å². The van der Waals surface area contributed by atoms with Crippen molar-refractivity contribution in [2.75, 3.05) is 33.3 Å². The number of likely N-dealkylation sites (N-methyl/N-ethyl adjacent to an activating group) is 1. The Kier molecular flexibility index (Phi) is 5.47. The Morgan fingerprint density at radius 3 is 3.06 bits per heavy atom. The summed E-state index contributed by atoms with van der Waals surface area (Å²) in [7, 11) is 1.97. The fraction of sp³-hybridized carbons (Fsp3) is 0.889. The van der Waals surface area contributed by atoms with Gasteiger partial charge in [0.25, 0.3) is 5.09 Å². The van der Waals surface area contributed by atoms with E-state index in [9.17, 15) is 14.9 Å². The lowest BCUT2D eigenvalue weighted by Gasteiger charge is -2.29. The Bertz CT molecular complexity index is 273. The van der Waals surface area contributed by atoms with Gasteiger partial charge in [0.15, 0.2) is 0 Å². The molecule has 1 fully saturated rings. The molecule has 0 saturated carbocycles. The molecule has 8 nitrogen and oxygen atoms in total. The number of nitrogens with zero attached hydrogens (tertiary/aromatic N) is 2. The minimum Gasteiger partial charge on any atom is -0.445 e. The topological polar surface area (TPSA) is 93.9 Å². The minimum atomic E-state index is -0.900. The second kappa shape index (κ2) is 6.89. The first-order chi connectivity index (χ1) is 8.08. The summed E-state index contributed by atoms with van der Waals surface area (Å²) in [6.07, 6.45) is 1.18. The molecule has 1 amide bonds. The van der Waals surface area contributed by atoms with E-state index in [1.54, 1.807) is 0 Å². The van der Waals surface area contributed by atoms with E-state index < -0.39 is 11.2 Å². The number of likely N-dealkylation sites (tertiary alicyclic amines) is 1. The number of carbonyl (C=O) groups excluding carboxylic acids is 1. The van der Waals surface area contributed by atoms with Crippen LogP contribution >= 0.6 is 0 Å². The molecule has 0 aromatic carbocycles. The summed E-state index contributed by atoms with van der Waals surface area (Å²) in [4.78, 5) is 27.3. The minimum absolute atomic E-state index is 0.0579. The summed E-state index contributed by atoms with van der Waals surface area (Å²) in [5.41, 5.74) is 0. The summed E-state index contributed by atoms with van der Waals surface area (Å²) >= 11 is 0. The molecule has 0 spiro atoms. The second-order valence-corrected chi connectivity index (χ2v) is 3.92. The van der Waals surface area contributed by atoms with E-state index in [2.05, 4.69) is 15.1 Å². The quantitative estimate of drug-likeness (QED) is 0.418. The molecule has 0 radical (unpaired) electrons. The molecule has 0 bridgehead atoms. The van der Waals surface area contributed by atoms with E-state index in [1.165, 1.54) is 0 Å². The monoisotopic (exact) mass is 247 g/mol. The maximum absolute atomic E-state index is 11.3. The van der Waals surface area contributed by atoms with E-state index in [4.69, 9.17) is 4.74 Å². The molecule has 1 aliphatic rings. The van der Waals surface area contributed by atoms with Crippen LogP contribution in [-0.4, -0.2) is 55.5 Å². The Morgan fingerprint density at radius 1 is 1.65 bits per heavy atom. The molecule has 1 heterocycles. The normalized spacial score (nSPS) is 20.6. The van der Waals surface area contributed by atoms with E-state index in [0.29, 0.717) is 0 Å². The van der Waals surface area contributed by atoms with Gasteiger partial charge in [-0.2, -0.15) is 0 Å². The molecular weight excluding hydrogens is 230 g/mol. The molecular formula is C9H17N3O5. The third-order valence-corrected chi connectivity index (χ3v) is 2.42. The summed E-state index contributed by atoms with van der Waals surface area (Å²) in [5.74, 6) is 0. The lowest BCUT2D eigenvalue weighted by atomic mass is 10.1. The van der Waals surface area contributed by atoms with Crippen LogP contribution in [0.2, 0.25) is 0 Å². The van der Waals surface area contributed by atoms with Crippen molar-refractivity contribution >= 4 is 6.09 Å². The number of alkyl carbamates (subject to hydrolysis) is 1. The Morgan fingerprint density at radius 2 is 2.41 bits per heavy atom. The van der Waals surface area contributed by atoms with Crippen molar-refractivity contribution < 1.29 is 19.5 Å². The maximum Gasteiger partial charge on any atom is 0.407 e. The largest absolute Gasteiger partial charge is 0.445 e. The number of amides is 1. The Labute approximate surface area is 99.0 Å². The molecule has 8 heteroatoms. The van der Waals surface area contributed by atoms with Crippen LogP contribution in [0.4, 0.5) is 4.79 Å². The highest BCUT2D eigenvalue weighted by molar-refractivity contribution is 5.67. The lowest BCUT2D eigenvalue weighted by molar-refractivity contribution is -0.757. The highest BCUT2D eigenvalue weighted by Gasteiger charge is 2.20. The van der Waals surface area contributed by atoms with Gasteiger partial charge in [-0.15, -0.1) is 10.1 Å². The van der Waals surface area contributed by atoms with Crippen LogP contribution in [0.1, 0.15) is 12.8 Å². The Hall–Kier alpha value is -1.57. The molecule has 1 rings (SSSR count). The molecule has 1 saturated heterocycles. The van der Waals surface area contributed by atoms with Gasteiger partial charge in [0.2, 0.25) is 0 Å². The maximum atomic E-state index is 11.3. The van der Waals surface area contributed by atoms with Gasteiger partial charge < -0.3 is 19.8 Å². The van der Waals surface area contributed by atoms with Gasteiger partial charge in [0.1, 0.15) is 12.7 Å². The molecule has 1 unspecified atom stereocenters. The molecule has 0 aliphatic carbocycles. The van der Waals surface area contributed by atoms with Crippen LogP contribution < -0.4 is 5.32 Å². The lowest BCUT2D eigenvalue weighted by Crippen LogP contribution is -2.40. The third kappa shape index (κ3) is 5.91. The van der Waals surface area contributed by atoms with Crippen LogP contribution in [0.15, 0.2) is 0 Å². The highest BCUT2D eigenvalue weighted by Crippen LogP contribution is 2.11. The summed E-state index contributed by atoms with van der Waals surface area (Å²) < 4.78 is 5.15. The number of nitrogens with one attached hydrogen (secondary N) is 1. The van der Waals surface area contributed by atoms with Crippen molar-refractivity contribution in [1.82, 2.24) is 10.2 Å². The van der Waals surface area contributed by atoms with Crippen LogP contribution in [0.3, 0.4) is 0 Å². The van der Waals surface area contributed by atoms with Crippen LogP contribution in [0, 0.1) is 10.1 Å². The van der Waals surface area contributed by atoms with Crippen molar-refractivity contribution in [3.8, 4) is 0 Å². The number of carbonyl (C=O) groups is 1. The number of piperidine rings is 1. The van der Waals surface area contributed by atoms with E-state index >= 15 is 0 Å². The molecule has 1 N–H and O–H groups in total. The van der Waals surface area contributed by atoms with Gasteiger partial charge >= 0.3 is 6.09 Å². The second-order valence-electron chi connectivity index (χ2n) is 3.92. The van der Waals surface area contributed by atoms with E-state index in [0.717, 1.165) is 25.9 Å². The first-order valence-corrected chi connectivity index (χ1v) is 5.48. The van der Waals surface area contributed by atoms with Gasteiger partial charge in [-0.1, -0.05) is 0 Å². The summed E-state index contributed by atoms with van der Waals surface area (Å²) in [6, 6.07) is 0. The van der Waals surface area contributed by atoms with Crippen molar-refractivity contribution in [2.45, 2.75) is 18.9 Å². The van der Waals surface area contributed by atoms with Gasteiger partial charge in [-0.05, 0) is 26.4 Å². The summed E-state index contributed by atoms with van der Waals surface area (Å²) in [6.45, 7) is 1.62. The molecule has 98 valence electrons. The molecule has 0 aromatic rings. The van der Waals surface area contributed by atoms with Gasteiger partial charge in [0.05, 0.1) is 0 Å². The standard InChI is InChI=1S/C9H17N3O5/c1-11-5-2-3-8(7-11)17-9(13)10-4-6-16-12(14)15/h8H,2-7H2,1H3,(H,10,13). The zero-order chi connectivity index (χ0) is 12.7. The SMILES string of the molecule is CN1CCCC(OC(=O)NCCO[N+](=O)[O-])C1. The highest BCUT2D eigenvalue weighted by atomic mass is 16.9. The summed E-state index contributed by atoms with van der Waals surface area (Å²) in [5, 5.41) is 11.3. The fourth-order valence-corrected chi connectivity index (χ4v) is 1.68. The zero-order valence-electron chi connectivity index (χ0n) is 9.76. The van der Waals surface area contributed by atoms with Gasteiger partial charge in [-0.25, -0.2) is 4.79 Å². The number of hydrogen-bond acceptors (Lipinski definition) is 6. The fourth-order valence-electron chi connectivity index (χ4n) is 1.68. The number of hydrogen-bond donors (Lipinski definition) is 1. The van der Waals surface area contributed by atoms with Crippen LogP contribution in [-0.2, 0) is 9.57 Å². The first kappa shape index (κ1) is 13.5. The molecule has 0 aromatic heterocycles. The van der Waals surface area contributed by atoms with Crippen molar-refractivity contribution in [2.24, 2.45) is 0 Å². The van der Waals surface area contributed by atoms with Crippen molar-refractivity contribution in [1.29, 1.82) is 0 Å². The molecule has 1 aliphatic heterocycles. The number of rotatable bonds is 5. The number of ether oxygens (including phenoxy) is 1. The Balaban J connectivity index is 2.09. The zero-order valence-corrected chi connectivity index (χ0v) is 9.76. The predicted molar refractivity (Wildman–Crippen MR) is 57.9 cm³/mol. The van der Waals surface area contributed by atoms with Crippen molar-refractivity contribution in [3.63, 3.8) is 0 Å². The van der Waals surface area contributed by atoms with Crippen LogP contribution in [0.25, 0.3) is 0 Å². The smallest absolute Gasteiger partial charge is 0.407 e. The van der Waals surface area contributed by atoms with Crippen molar-refractivity contribution in [3.05, 3.63) is 10.1 Å². The van der Waals surface area contributed by atoms with Gasteiger partial charge in [-0.3, -0.25) is 0 Å². The molecule has 1 atom stereocenters. The van der Waals surface area contributed by atoms with E-state index in [-0.39, 0.29) is 19.3 Å². The average Bonchev–Trinajstić information content (AvgIpc) is 2.24. The average molecular weight is 247 g/mol.